The maximum Gasteiger partial charge on any atom is 0.323 e. The van der Waals surface area contributed by atoms with E-state index in [0.29, 0.717) is 6.54 Å². The number of aromatic nitrogens is 2. The van der Waals surface area contributed by atoms with E-state index in [4.69, 9.17) is 5.73 Å². The molecule has 0 spiro atoms. The number of fused-ring (bicyclic) bond motifs is 1. The Morgan fingerprint density at radius 3 is 2.50 bits per heavy atom. The number of aromatic amines is 2. The molecule has 0 fully saturated rings. The summed E-state index contributed by atoms with van der Waals surface area (Å²) in [6, 6.07) is 13.8. The summed E-state index contributed by atoms with van der Waals surface area (Å²) in [4.78, 5) is 16.9. The molecule has 1 heterocycles. The standard InChI is InChI=1S/C14H13N3O/c15-8-9-4-6-10(7-5-9)11-2-1-3-12-13(11)17-14(18)16-12/h1-7H,8,15H2,(H2,16,17,18). The van der Waals surface area contributed by atoms with Crippen molar-refractivity contribution >= 4 is 11.0 Å². The molecule has 0 aliphatic carbocycles. The Bertz CT molecular complexity index is 738. The van der Waals surface area contributed by atoms with Crippen LogP contribution in [0.25, 0.3) is 22.2 Å². The van der Waals surface area contributed by atoms with E-state index in [1.807, 2.05) is 42.5 Å². The Kier molecular flexibility index (Phi) is 2.50. The van der Waals surface area contributed by atoms with Gasteiger partial charge in [0, 0.05) is 12.1 Å². The van der Waals surface area contributed by atoms with Crippen LogP contribution in [0.2, 0.25) is 0 Å². The molecule has 0 radical (unpaired) electrons. The van der Waals surface area contributed by atoms with Crippen LogP contribution in [0, 0.1) is 0 Å². The van der Waals surface area contributed by atoms with E-state index in [9.17, 15) is 4.79 Å². The number of para-hydroxylation sites is 1. The Labute approximate surface area is 103 Å². The zero-order valence-corrected chi connectivity index (χ0v) is 9.73. The number of benzene rings is 2. The van der Waals surface area contributed by atoms with Crippen molar-refractivity contribution in [2.75, 3.05) is 0 Å². The predicted molar refractivity (Wildman–Crippen MR) is 72.2 cm³/mol. The molecule has 18 heavy (non-hydrogen) atoms. The van der Waals surface area contributed by atoms with Crippen LogP contribution in [0.1, 0.15) is 5.56 Å². The van der Waals surface area contributed by atoms with Crippen molar-refractivity contribution in [3.05, 3.63) is 58.5 Å². The van der Waals surface area contributed by atoms with Gasteiger partial charge in [0.05, 0.1) is 11.0 Å². The van der Waals surface area contributed by atoms with Gasteiger partial charge in [-0.1, -0.05) is 36.4 Å². The van der Waals surface area contributed by atoms with Crippen LogP contribution in [0.5, 0.6) is 0 Å². The quantitative estimate of drug-likeness (QED) is 0.639. The summed E-state index contributed by atoms with van der Waals surface area (Å²) >= 11 is 0. The van der Waals surface area contributed by atoms with Gasteiger partial charge >= 0.3 is 5.69 Å². The largest absolute Gasteiger partial charge is 0.326 e. The van der Waals surface area contributed by atoms with Crippen molar-refractivity contribution < 1.29 is 0 Å². The van der Waals surface area contributed by atoms with Crippen LogP contribution in [0.15, 0.2) is 47.3 Å². The van der Waals surface area contributed by atoms with Gasteiger partial charge in [0.15, 0.2) is 0 Å². The maximum atomic E-state index is 11.3. The van der Waals surface area contributed by atoms with Gasteiger partial charge in [0.1, 0.15) is 0 Å². The summed E-state index contributed by atoms with van der Waals surface area (Å²) < 4.78 is 0. The number of hydrogen-bond donors (Lipinski definition) is 3. The zero-order valence-electron chi connectivity index (χ0n) is 9.73. The van der Waals surface area contributed by atoms with Gasteiger partial charge < -0.3 is 15.7 Å². The molecule has 4 N–H and O–H groups in total. The fraction of sp³-hybridized carbons (Fsp3) is 0.0714. The normalized spacial score (nSPS) is 10.9. The fourth-order valence-electron chi connectivity index (χ4n) is 2.12. The highest BCUT2D eigenvalue weighted by Gasteiger charge is 2.06. The van der Waals surface area contributed by atoms with Crippen molar-refractivity contribution in [1.29, 1.82) is 0 Å². The van der Waals surface area contributed by atoms with Gasteiger partial charge in [0.2, 0.25) is 0 Å². The number of rotatable bonds is 2. The number of nitrogens with two attached hydrogens (primary N) is 1. The molecule has 0 aliphatic heterocycles. The zero-order chi connectivity index (χ0) is 12.5. The Morgan fingerprint density at radius 1 is 1.00 bits per heavy atom. The molecule has 0 saturated heterocycles. The molecule has 90 valence electrons. The van der Waals surface area contributed by atoms with Crippen LogP contribution in [-0.2, 0) is 6.54 Å². The summed E-state index contributed by atoms with van der Waals surface area (Å²) in [5, 5.41) is 0. The van der Waals surface area contributed by atoms with Crippen LogP contribution in [0.3, 0.4) is 0 Å². The Morgan fingerprint density at radius 2 is 1.78 bits per heavy atom. The number of hydrogen-bond acceptors (Lipinski definition) is 2. The lowest BCUT2D eigenvalue weighted by Gasteiger charge is -2.04. The van der Waals surface area contributed by atoms with E-state index in [1.165, 1.54) is 0 Å². The summed E-state index contributed by atoms with van der Waals surface area (Å²) in [5.74, 6) is 0. The first-order valence-electron chi connectivity index (χ1n) is 5.78. The van der Waals surface area contributed by atoms with Crippen molar-refractivity contribution in [3.8, 4) is 11.1 Å². The second-order valence-corrected chi connectivity index (χ2v) is 4.21. The molecule has 0 amide bonds. The summed E-state index contributed by atoms with van der Waals surface area (Å²) in [6.07, 6.45) is 0. The van der Waals surface area contributed by atoms with E-state index in [1.54, 1.807) is 0 Å². The molecule has 4 heteroatoms. The van der Waals surface area contributed by atoms with E-state index in [2.05, 4.69) is 9.97 Å². The van der Waals surface area contributed by atoms with Gasteiger partial charge in [-0.2, -0.15) is 0 Å². The summed E-state index contributed by atoms with van der Waals surface area (Å²) in [6.45, 7) is 0.533. The lowest BCUT2D eigenvalue weighted by molar-refractivity contribution is 1.07. The fourth-order valence-corrected chi connectivity index (χ4v) is 2.12. The van der Waals surface area contributed by atoms with Crippen LogP contribution in [-0.4, -0.2) is 9.97 Å². The minimum atomic E-state index is -0.184. The van der Waals surface area contributed by atoms with Crippen LogP contribution < -0.4 is 11.4 Å². The first kappa shape index (κ1) is 10.8. The van der Waals surface area contributed by atoms with Crippen molar-refractivity contribution in [2.24, 2.45) is 5.73 Å². The Balaban J connectivity index is 2.20. The highest BCUT2D eigenvalue weighted by atomic mass is 16.1. The topological polar surface area (TPSA) is 74.7 Å². The second-order valence-electron chi connectivity index (χ2n) is 4.21. The Hall–Kier alpha value is -2.33. The summed E-state index contributed by atoms with van der Waals surface area (Å²) in [5.41, 5.74) is 10.2. The number of H-pyrrole nitrogens is 2. The van der Waals surface area contributed by atoms with Gasteiger partial charge in [-0.3, -0.25) is 0 Å². The third kappa shape index (κ3) is 1.72. The van der Waals surface area contributed by atoms with E-state index in [-0.39, 0.29) is 5.69 Å². The number of nitrogens with one attached hydrogen (secondary N) is 2. The van der Waals surface area contributed by atoms with Crippen molar-refractivity contribution in [3.63, 3.8) is 0 Å². The molecule has 0 bridgehead atoms. The van der Waals surface area contributed by atoms with E-state index in [0.717, 1.165) is 27.7 Å². The molecular weight excluding hydrogens is 226 g/mol. The molecule has 3 rings (SSSR count). The SMILES string of the molecule is NCc1ccc(-c2cccc3[nH]c(=O)[nH]c23)cc1. The lowest BCUT2D eigenvalue weighted by atomic mass is 10.0. The predicted octanol–water partition coefficient (Wildman–Crippen LogP) is 1.98. The molecule has 4 nitrogen and oxygen atoms in total. The highest BCUT2D eigenvalue weighted by molar-refractivity contribution is 5.91. The molecule has 2 aromatic carbocycles. The van der Waals surface area contributed by atoms with E-state index < -0.39 is 0 Å². The first-order chi connectivity index (χ1) is 8.78. The molecule has 0 saturated carbocycles. The molecule has 3 aromatic rings. The van der Waals surface area contributed by atoms with Gasteiger partial charge in [-0.15, -0.1) is 0 Å². The maximum absolute atomic E-state index is 11.3. The third-order valence-electron chi connectivity index (χ3n) is 3.05. The monoisotopic (exact) mass is 239 g/mol. The van der Waals surface area contributed by atoms with Gasteiger partial charge in [0.25, 0.3) is 0 Å². The number of imidazole rings is 1. The van der Waals surface area contributed by atoms with Crippen LogP contribution in [0.4, 0.5) is 0 Å². The highest BCUT2D eigenvalue weighted by Crippen LogP contribution is 2.25. The third-order valence-corrected chi connectivity index (χ3v) is 3.05. The van der Waals surface area contributed by atoms with E-state index >= 15 is 0 Å². The van der Waals surface area contributed by atoms with Crippen molar-refractivity contribution in [2.45, 2.75) is 6.54 Å². The van der Waals surface area contributed by atoms with Crippen molar-refractivity contribution in [1.82, 2.24) is 9.97 Å². The summed E-state index contributed by atoms with van der Waals surface area (Å²) in [7, 11) is 0. The van der Waals surface area contributed by atoms with Crippen LogP contribution >= 0.6 is 0 Å². The second kappa shape index (κ2) is 4.16. The lowest BCUT2D eigenvalue weighted by Crippen LogP contribution is -1.99. The van der Waals surface area contributed by atoms with Gasteiger partial charge in [-0.05, 0) is 17.2 Å². The molecule has 0 aliphatic rings. The smallest absolute Gasteiger partial charge is 0.323 e. The minimum Gasteiger partial charge on any atom is -0.326 e. The average Bonchev–Trinajstić information content (AvgIpc) is 2.79. The molecular formula is C14H13N3O. The minimum absolute atomic E-state index is 0.184. The molecule has 1 aromatic heterocycles. The molecule has 0 atom stereocenters. The first-order valence-corrected chi connectivity index (χ1v) is 5.78. The average molecular weight is 239 g/mol. The molecule has 0 unspecified atom stereocenters. The van der Waals surface area contributed by atoms with Gasteiger partial charge in [-0.25, -0.2) is 4.79 Å².